The van der Waals surface area contributed by atoms with Crippen molar-refractivity contribution in [3.8, 4) is 11.3 Å². The molecule has 0 radical (unpaired) electrons. The number of hydrogen-bond donors (Lipinski definition) is 2. The first-order valence-electron chi connectivity index (χ1n) is 13.7. The summed E-state index contributed by atoms with van der Waals surface area (Å²) in [6.45, 7) is 7.37. The van der Waals surface area contributed by atoms with Crippen LogP contribution in [0.3, 0.4) is 0 Å². The molecule has 5 rings (SSSR count). The van der Waals surface area contributed by atoms with Crippen LogP contribution in [0.2, 0.25) is 0 Å². The van der Waals surface area contributed by atoms with E-state index < -0.39 is 5.97 Å². The molecule has 0 fully saturated rings. The summed E-state index contributed by atoms with van der Waals surface area (Å²) in [6, 6.07) is 22.9. The molecule has 0 aliphatic heterocycles. The van der Waals surface area contributed by atoms with E-state index in [2.05, 4.69) is 78.8 Å². The fourth-order valence-electron chi connectivity index (χ4n) is 4.99. The van der Waals surface area contributed by atoms with Gasteiger partial charge in [-0.2, -0.15) is 0 Å². The molecule has 2 N–H and O–H groups in total. The second kappa shape index (κ2) is 11.6. The standard InChI is InChI=1S/C33H35N3O3S/c1-33(2,3)27-14-11-24(12-15-27)29-21-40-32(35-29)36(28-16-13-23-5-4-6-26(23)19-28)20-22-7-9-25(10-8-22)31(39)34-18-17-30(37)38/h7-16,19,21H,4-6,17-18,20H2,1-3H3,(H,34,39)(H,37,38). The van der Waals surface area contributed by atoms with Gasteiger partial charge in [-0.3, -0.25) is 9.59 Å². The highest BCUT2D eigenvalue weighted by molar-refractivity contribution is 7.14. The number of benzene rings is 3. The Kier molecular flexibility index (Phi) is 8.03. The summed E-state index contributed by atoms with van der Waals surface area (Å²) in [5.74, 6) is -1.21. The fourth-order valence-corrected chi connectivity index (χ4v) is 5.84. The van der Waals surface area contributed by atoms with E-state index in [1.807, 2.05) is 12.1 Å². The molecule has 206 valence electrons. The van der Waals surface area contributed by atoms with Gasteiger partial charge >= 0.3 is 5.97 Å². The lowest BCUT2D eigenvalue weighted by molar-refractivity contribution is -0.136. The molecule has 4 aromatic rings. The van der Waals surface area contributed by atoms with Gasteiger partial charge in [-0.1, -0.05) is 63.2 Å². The summed E-state index contributed by atoms with van der Waals surface area (Å²) in [5.41, 5.74) is 8.96. The number of carboxylic acids is 1. The number of aryl methyl sites for hydroxylation is 2. The molecular weight excluding hydrogens is 518 g/mol. The smallest absolute Gasteiger partial charge is 0.305 e. The van der Waals surface area contributed by atoms with Crippen LogP contribution in [0.1, 0.15) is 66.2 Å². The van der Waals surface area contributed by atoms with Gasteiger partial charge in [0.05, 0.1) is 18.7 Å². The largest absolute Gasteiger partial charge is 0.481 e. The van der Waals surface area contributed by atoms with Gasteiger partial charge in [0, 0.05) is 28.7 Å². The number of thiazole rings is 1. The van der Waals surface area contributed by atoms with Gasteiger partial charge in [-0.25, -0.2) is 4.98 Å². The van der Waals surface area contributed by atoms with Crippen LogP contribution in [-0.4, -0.2) is 28.5 Å². The van der Waals surface area contributed by atoms with E-state index in [1.54, 1.807) is 23.5 Å². The lowest BCUT2D eigenvalue weighted by Crippen LogP contribution is -2.26. The van der Waals surface area contributed by atoms with Crippen LogP contribution >= 0.6 is 11.3 Å². The number of nitrogens with one attached hydrogen (secondary N) is 1. The topological polar surface area (TPSA) is 82.5 Å². The number of hydrogen-bond acceptors (Lipinski definition) is 5. The van der Waals surface area contributed by atoms with Gasteiger partial charge in [0.15, 0.2) is 5.13 Å². The van der Waals surface area contributed by atoms with E-state index in [4.69, 9.17) is 10.1 Å². The van der Waals surface area contributed by atoms with E-state index in [0.29, 0.717) is 12.1 Å². The highest BCUT2D eigenvalue weighted by Gasteiger charge is 2.19. The fraction of sp³-hybridized carbons (Fsp3) is 0.303. The molecule has 1 aromatic heterocycles. The number of nitrogens with zero attached hydrogens (tertiary/aromatic N) is 2. The molecule has 7 heteroatoms. The van der Waals surface area contributed by atoms with Gasteiger partial charge in [0.1, 0.15) is 0 Å². The Bertz CT molecular complexity index is 1500. The Labute approximate surface area is 239 Å². The Balaban J connectivity index is 1.40. The summed E-state index contributed by atoms with van der Waals surface area (Å²) in [5, 5.41) is 14.5. The molecule has 1 amide bonds. The zero-order valence-electron chi connectivity index (χ0n) is 23.2. The SMILES string of the molecule is CC(C)(C)c1ccc(-c2csc(N(Cc3ccc(C(=O)NCCC(=O)O)cc3)c3ccc4c(c3)CCC4)n2)cc1. The molecule has 1 aliphatic carbocycles. The first-order valence-corrected chi connectivity index (χ1v) is 14.6. The van der Waals surface area contributed by atoms with Gasteiger partial charge in [-0.05, 0) is 71.2 Å². The van der Waals surface area contributed by atoms with Crippen LogP contribution in [-0.2, 0) is 29.6 Å². The lowest BCUT2D eigenvalue weighted by atomic mass is 9.86. The van der Waals surface area contributed by atoms with Crippen molar-refractivity contribution in [2.75, 3.05) is 11.4 Å². The van der Waals surface area contributed by atoms with Crippen LogP contribution in [0.25, 0.3) is 11.3 Å². The van der Waals surface area contributed by atoms with Crippen LogP contribution < -0.4 is 10.2 Å². The summed E-state index contributed by atoms with van der Waals surface area (Å²) < 4.78 is 0. The molecule has 0 spiro atoms. The predicted octanol–water partition coefficient (Wildman–Crippen LogP) is 7.14. The van der Waals surface area contributed by atoms with E-state index >= 15 is 0 Å². The third-order valence-corrected chi connectivity index (χ3v) is 8.21. The molecule has 3 aromatic carbocycles. The van der Waals surface area contributed by atoms with Gasteiger partial charge in [0.2, 0.25) is 0 Å². The summed E-state index contributed by atoms with van der Waals surface area (Å²) in [7, 11) is 0. The Hall–Kier alpha value is -3.97. The number of rotatable bonds is 9. The molecule has 0 unspecified atom stereocenters. The monoisotopic (exact) mass is 553 g/mol. The molecule has 0 saturated carbocycles. The summed E-state index contributed by atoms with van der Waals surface area (Å²) in [4.78, 5) is 30.4. The molecule has 1 heterocycles. The van der Waals surface area contributed by atoms with Gasteiger partial charge < -0.3 is 15.3 Å². The van der Waals surface area contributed by atoms with Crippen molar-refractivity contribution in [2.24, 2.45) is 0 Å². The first kappa shape index (κ1) is 27.6. The second-order valence-corrected chi connectivity index (χ2v) is 12.2. The Morgan fingerprint density at radius 2 is 1.70 bits per heavy atom. The number of aromatic nitrogens is 1. The predicted molar refractivity (Wildman–Crippen MR) is 162 cm³/mol. The molecule has 1 aliphatic rings. The molecule has 0 saturated heterocycles. The third-order valence-electron chi connectivity index (χ3n) is 7.34. The molecule has 0 bridgehead atoms. The number of fused-ring (bicyclic) bond motifs is 1. The highest BCUT2D eigenvalue weighted by atomic mass is 32.1. The van der Waals surface area contributed by atoms with Crippen molar-refractivity contribution in [1.29, 1.82) is 0 Å². The maximum absolute atomic E-state index is 12.4. The summed E-state index contributed by atoms with van der Waals surface area (Å²) in [6.07, 6.45) is 3.33. The number of anilines is 2. The number of carbonyl (C=O) groups is 2. The minimum absolute atomic E-state index is 0.101. The normalized spacial score (nSPS) is 12.7. The van der Waals surface area contributed by atoms with Crippen molar-refractivity contribution >= 4 is 34.0 Å². The minimum Gasteiger partial charge on any atom is -0.481 e. The molecular formula is C33H35N3O3S. The quantitative estimate of drug-likeness (QED) is 0.230. The van der Waals surface area contributed by atoms with Crippen molar-refractivity contribution < 1.29 is 14.7 Å². The Morgan fingerprint density at radius 3 is 2.40 bits per heavy atom. The maximum Gasteiger partial charge on any atom is 0.305 e. The molecule has 40 heavy (non-hydrogen) atoms. The van der Waals surface area contributed by atoms with Crippen LogP contribution in [0.15, 0.2) is 72.1 Å². The van der Waals surface area contributed by atoms with E-state index in [1.165, 1.54) is 23.1 Å². The first-order chi connectivity index (χ1) is 19.2. The molecule has 6 nitrogen and oxygen atoms in total. The average Bonchev–Trinajstić information content (AvgIpc) is 3.61. The van der Waals surface area contributed by atoms with Crippen LogP contribution in [0.5, 0.6) is 0 Å². The van der Waals surface area contributed by atoms with Crippen molar-refractivity contribution in [3.63, 3.8) is 0 Å². The van der Waals surface area contributed by atoms with E-state index in [-0.39, 0.29) is 24.3 Å². The number of carbonyl (C=O) groups excluding carboxylic acids is 1. The average molecular weight is 554 g/mol. The third kappa shape index (κ3) is 6.42. The van der Waals surface area contributed by atoms with E-state index in [9.17, 15) is 9.59 Å². The van der Waals surface area contributed by atoms with Crippen LogP contribution in [0.4, 0.5) is 10.8 Å². The zero-order chi connectivity index (χ0) is 28.3. The number of aliphatic carboxylic acids is 1. The van der Waals surface area contributed by atoms with Crippen LogP contribution in [0, 0.1) is 0 Å². The number of carboxylic acid groups (broad SMARTS) is 1. The summed E-state index contributed by atoms with van der Waals surface area (Å²) >= 11 is 1.63. The maximum atomic E-state index is 12.4. The Morgan fingerprint density at radius 1 is 0.975 bits per heavy atom. The highest BCUT2D eigenvalue weighted by Crippen LogP contribution is 2.36. The molecule has 0 atom stereocenters. The lowest BCUT2D eigenvalue weighted by Gasteiger charge is -2.23. The van der Waals surface area contributed by atoms with Crippen molar-refractivity contribution in [1.82, 2.24) is 10.3 Å². The second-order valence-electron chi connectivity index (χ2n) is 11.3. The van der Waals surface area contributed by atoms with Crippen molar-refractivity contribution in [3.05, 3.63) is 99.9 Å². The van der Waals surface area contributed by atoms with E-state index in [0.717, 1.165) is 40.5 Å². The van der Waals surface area contributed by atoms with Gasteiger partial charge in [0.25, 0.3) is 5.91 Å². The number of amides is 1. The van der Waals surface area contributed by atoms with Crippen molar-refractivity contribution in [2.45, 2.75) is 58.4 Å². The minimum atomic E-state index is -0.936. The van der Waals surface area contributed by atoms with Gasteiger partial charge in [-0.15, -0.1) is 11.3 Å². The zero-order valence-corrected chi connectivity index (χ0v) is 24.1.